The number of benzene rings is 1. The van der Waals surface area contributed by atoms with Gasteiger partial charge < -0.3 is 24.4 Å². The molecule has 1 atom stereocenters. The Balaban J connectivity index is 1.57. The van der Waals surface area contributed by atoms with Crippen molar-refractivity contribution in [3.63, 3.8) is 0 Å². The molecule has 7 nitrogen and oxygen atoms in total. The molecule has 3 rings (SSSR count). The first-order chi connectivity index (χ1) is 12.3. The Kier molecular flexibility index (Phi) is 5.25. The van der Waals surface area contributed by atoms with E-state index in [-0.39, 0.29) is 18.0 Å². The average molecular weight is 362 g/mol. The lowest BCUT2D eigenvalue weighted by Crippen LogP contribution is -2.45. The highest BCUT2D eigenvalue weighted by Crippen LogP contribution is 2.30. The minimum atomic E-state index is -0.529. The van der Waals surface area contributed by atoms with E-state index >= 15 is 0 Å². The van der Waals surface area contributed by atoms with E-state index in [1.165, 1.54) is 0 Å². The largest absolute Gasteiger partial charge is 0.486 e. The van der Waals surface area contributed by atoms with Gasteiger partial charge in [0.15, 0.2) is 11.5 Å². The molecular weight excluding hydrogens is 336 g/mol. The Labute approximate surface area is 153 Å². The molecule has 0 unspecified atom stereocenters. The molecule has 0 saturated carbocycles. The molecule has 0 aliphatic carbocycles. The van der Waals surface area contributed by atoms with E-state index in [9.17, 15) is 9.59 Å². The first-order valence-electron chi connectivity index (χ1n) is 9.01. The van der Waals surface area contributed by atoms with Crippen molar-refractivity contribution in [3.8, 4) is 11.5 Å². The van der Waals surface area contributed by atoms with Gasteiger partial charge in [0.1, 0.15) is 18.8 Å². The van der Waals surface area contributed by atoms with Crippen LogP contribution >= 0.6 is 0 Å². The summed E-state index contributed by atoms with van der Waals surface area (Å²) in [6, 6.07) is 5.09. The van der Waals surface area contributed by atoms with Crippen LogP contribution in [0, 0.1) is 0 Å². The van der Waals surface area contributed by atoms with Gasteiger partial charge in [-0.15, -0.1) is 0 Å². The molecule has 0 bridgehead atoms. The van der Waals surface area contributed by atoms with E-state index in [0.717, 1.165) is 12.8 Å². The van der Waals surface area contributed by atoms with Crippen molar-refractivity contribution in [2.75, 3.05) is 26.3 Å². The average Bonchev–Trinajstić information content (AvgIpc) is 3.06. The number of rotatable bonds is 3. The van der Waals surface area contributed by atoms with Gasteiger partial charge in [-0.3, -0.25) is 4.79 Å². The number of hydrogen-bond acceptors (Lipinski definition) is 5. The van der Waals surface area contributed by atoms with E-state index in [2.05, 4.69) is 5.32 Å². The number of fused-ring (bicyclic) bond motifs is 1. The minimum absolute atomic E-state index is 0.0500. The Morgan fingerprint density at radius 1 is 1.23 bits per heavy atom. The summed E-state index contributed by atoms with van der Waals surface area (Å²) >= 11 is 0. The van der Waals surface area contributed by atoms with Gasteiger partial charge >= 0.3 is 6.09 Å². The molecular formula is C19H26N2O5. The number of carbonyl (C=O) groups is 2. The molecule has 1 fully saturated rings. The minimum Gasteiger partial charge on any atom is -0.486 e. The molecule has 0 spiro atoms. The number of amides is 2. The second kappa shape index (κ2) is 7.43. The van der Waals surface area contributed by atoms with E-state index < -0.39 is 5.60 Å². The van der Waals surface area contributed by atoms with Gasteiger partial charge in [-0.1, -0.05) is 0 Å². The summed E-state index contributed by atoms with van der Waals surface area (Å²) in [5.41, 5.74) is -0.0188. The fourth-order valence-electron chi connectivity index (χ4n) is 3.11. The topological polar surface area (TPSA) is 77.1 Å². The standard InChI is InChI=1S/C19H26N2O5/c1-19(2,3)26-18(23)21-8-4-5-14(21)12-20-17(22)13-6-7-15-16(11-13)25-10-9-24-15/h6-7,11,14H,4-5,8-10,12H2,1-3H3,(H,20,22)/t14-/m0/s1. The first kappa shape index (κ1) is 18.4. The highest BCUT2D eigenvalue weighted by Gasteiger charge is 2.32. The van der Waals surface area contributed by atoms with Crippen molar-refractivity contribution in [2.45, 2.75) is 45.3 Å². The van der Waals surface area contributed by atoms with Crippen molar-refractivity contribution in [3.05, 3.63) is 23.8 Å². The van der Waals surface area contributed by atoms with Crippen molar-refractivity contribution in [1.82, 2.24) is 10.2 Å². The van der Waals surface area contributed by atoms with Crippen LogP contribution in [0.25, 0.3) is 0 Å². The number of likely N-dealkylation sites (tertiary alicyclic amines) is 1. The van der Waals surface area contributed by atoms with Crippen molar-refractivity contribution in [2.24, 2.45) is 0 Å². The molecule has 1 N–H and O–H groups in total. The number of carbonyl (C=O) groups excluding carboxylic acids is 2. The van der Waals surface area contributed by atoms with Crippen LogP contribution in [0.15, 0.2) is 18.2 Å². The van der Waals surface area contributed by atoms with Crippen LogP contribution in [0.2, 0.25) is 0 Å². The third-order valence-electron chi connectivity index (χ3n) is 4.31. The Morgan fingerprint density at radius 3 is 2.69 bits per heavy atom. The van der Waals surface area contributed by atoms with Crippen LogP contribution < -0.4 is 14.8 Å². The van der Waals surface area contributed by atoms with E-state index in [1.807, 2.05) is 20.8 Å². The number of hydrogen-bond donors (Lipinski definition) is 1. The molecule has 1 aromatic rings. The molecule has 1 aromatic carbocycles. The number of nitrogens with one attached hydrogen (secondary N) is 1. The molecule has 26 heavy (non-hydrogen) atoms. The third-order valence-corrected chi connectivity index (χ3v) is 4.31. The lowest BCUT2D eigenvalue weighted by atomic mass is 10.1. The molecule has 0 aromatic heterocycles. The summed E-state index contributed by atoms with van der Waals surface area (Å²) < 4.78 is 16.4. The van der Waals surface area contributed by atoms with Crippen molar-refractivity contribution in [1.29, 1.82) is 0 Å². The summed E-state index contributed by atoms with van der Waals surface area (Å²) in [5.74, 6) is 1.04. The fourth-order valence-corrected chi connectivity index (χ4v) is 3.11. The lowest BCUT2D eigenvalue weighted by Gasteiger charge is -2.28. The van der Waals surface area contributed by atoms with Gasteiger partial charge in [0.25, 0.3) is 5.91 Å². The van der Waals surface area contributed by atoms with E-state index in [4.69, 9.17) is 14.2 Å². The van der Waals surface area contributed by atoms with Gasteiger partial charge in [-0.25, -0.2) is 4.79 Å². The molecule has 1 saturated heterocycles. The predicted octanol–water partition coefficient (Wildman–Crippen LogP) is 2.59. The summed E-state index contributed by atoms with van der Waals surface area (Å²) in [5, 5.41) is 2.91. The maximum Gasteiger partial charge on any atom is 0.410 e. The van der Waals surface area contributed by atoms with Gasteiger partial charge in [-0.2, -0.15) is 0 Å². The molecule has 2 aliphatic heterocycles. The number of ether oxygens (including phenoxy) is 3. The lowest BCUT2D eigenvalue weighted by molar-refractivity contribution is 0.0225. The van der Waals surface area contributed by atoms with Gasteiger partial charge in [0.2, 0.25) is 0 Å². The monoisotopic (exact) mass is 362 g/mol. The van der Waals surface area contributed by atoms with E-state index in [1.54, 1.807) is 23.1 Å². The summed E-state index contributed by atoms with van der Waals surface area (Å²) in [7, 11) is 0. The van der Waals surface area contributed by atoms with Crippen LogP contribution in [0.4, 0.5) is 4.79 Å². The van der Waals surface area contributed by atoms with Gasteiger partial charge in [0, 0.05) is 18.7 Å². The zero-order chi connectivity index (χ0) is 18.7. The zero-order valence-corrected chi connectivity index (χ0v) is 15.5. The van der Waals surface area contributed by atoms with Crippen LogP contribution in [-0.4, -0.2) is 54.8 Å². The third kappa shape index (κ3) is 4.39. The SMILES string of the molecule is CC(C)(C)OC(=O)N1CCC[C@H]1CNC(=O)c1ccc2c(c1)OCCO2. The summed E-state index contributed by atoms with van der Waals surface area (Å²) in [6.45, 7) is 7.58. The molecule has 0 radical (unpaired) electrons. The van der Waals surface area contributed by atoms with E-state index in [0.29, 0.717) is 43.4 Å². The molecule has 7 heteroatoms. The molecule has 2 heterocycles. The van der Waals surface area contributed by atoms with Crippen molar-refractivity contribution >= 4 is 12.0 Å². The van der Waals surface area contributed by atoms with Crippen LogP contribution in [-0.2, 0) is 4.74 Å². The Hall–Kier alpha value is -2.44. The fraction of sp³-hybridized carbons (Fsp3) is 0.579. The normalized spacial score (nSPS) is 19.2. The Morgan fingerprint density at radius 2 is 1.96 bits per heavy atom. The van der Waals surface area contributed by atoms with Crippen LogP contribution in [0.5, 0.6) is 11.5 Å². The maximum absolute atomic E-state index is 12.5. The predicted molar refractivity (Wildman–Crippen MR) is 95.7 cm³/mol. The smallest absolute Gasteiger partial charge is 0.410 e. The zero-order valence-electron chi connectivity index (χ0n) is 15.5. The summed E-state index contributed by atoms with van der Waals surface area (Å²) in [4.78, 5) is 26.5. The first-order valence-corrected chi connectivity index (χ1v) is 9.01. The number of nitrogens with zero attached hydrogens (tertiary/aromatic N) is 1. The Bertz CT molecular complexity index is 683. The van der Waals surface area contributed by atoms with Gasteiger partial charge in [0.05, 0.1) is 6.04 Å². The highest BCUT2D eigenvalue weighted by atomic mass is 16.6. The molecule has 2 aliphatic rings. The maximum atomic E-state index is 12.5. The quantitative estimate of drug-likeness (QED) is 0.894. The summed E-state index contributed by atoms with van der Waals surface area (Å²) in [6.07, 6.45) is 1.43. The molecule has 2 amide bonds. The highest BCUT2D eigenvalue weighted by molar-refractivity contribution is 5.95. The molecule has 142 valence electrons. The van der Waals surface area contributed by atoms with Crippen LogP contribution in [0.1, 0.15) is 44.0 Å². The van der Waals surface area contributed by atoms with Gasteiger partial charge in [-0.05, 0) is 51.8 Å². The second-order valence-corrected chi connectivity index (χ2v) is 7.54. The van der Waals surface area contributed by atoms with Crippen LogP contribution in [0.3, 0.4) is 0 Å². The second-order valence-electron chi connectivity index (χ2n) is 7.54. The van der Waals surface area contributed by atoms with Crippen molar-refractivity contribution < 1.29 is 23.8 Å².